The van der Waals surface area contributed by atoms with Gasteiger partial charge in [-0.1, -0.05) is 0 Å². The van der Waals surface area contributed by atoms with Crippen LogP contribution in [0, 0.1) is 10.1 Å². The van der Waals surface area contributed by atoms with Crippen molar-refractivity contribution in [3.05, 3.63) is 33.3 Å². The Morgan fingerprint density at radius 1 is 1.53 bits per heavy atom. The first-order valence-electron chi connectivity index (χ1n) is 4.37. The van der Waals surface area contributed by atoms with E-state index in [2.05, 4.69) is 31.0 Å². The Kier molecular flexibility index (Phi) is 3.00. The third-order valence-electron chi connectivity index (χ3n) is 1.91. The van der Waals surface area contributed by atoms with E-state index in [0.29, 0.717) is 4.47 Å². The fourth-order valence-electron chi connectivity index (χ4n) is 1.25. The molecule has 0 radical (unpaired) electrons. The Bertz CT molecular complexity index is 570. The third kappa shape index (κ3) is 2.09. The van der Waals surface area contributed by atoms with Crippen LogP contribution in [0.2, 0.25) is 0 Å². The predicted molar refractivity (Wildman–Crippen MR) is 60.1 cm³/mol. The Morgan fingerprint density at radius 3 is 2.82 bits per heavy atom. The maximum atomic E-state index is 11.0. The molecule has 17 heavy (non-hydrogen) atoms. The summed E-state index contributed by atoms with van der Waals surface area (Å²) in [5.74, 6) is -0.0563. The van der Waals surface area contributed by atoms with E-state index in [4.69, 9.17) is 4.74 Å². The first kappa shape index (κ1) is 11.5. The summed E-state index contributed by atoms with van der Waals surface area (Å²) < 4.78 is 6.78. The average Bonchev–Trinajstić information content (AvgIpc) is 2.74. The lowest BCUT2D eigenvalue weighted by atomic mass is 10.4. The summed E-state index contributed by atoms with van der Waals surface area (Å²) in [6.45, 7) is 0. The van der Waals surface area contributed by atoms with Gasteiger partial charge in [0.05, 0.1) is 22.7 Å². The van der Waals surface area contributed by atoms with Crippen LogP contribution < -0.4 is 4.74 Å². The van der Waals surface area contributed by atoms with Crippen LogP contribution in [0.25, 0.3) is 5.82 Å². The van der Waals surface area contributed by atoms with E-state index in [-0.39, 0.29) is 17.4 Å². The van der Waals surface area contributed by atoms with Crippen molar-refractivity contribution in [2.75, 3.05) is 7.11 Å². The lowest BCUT2D eigenvalue weighted by Crippen LogP contribution is -2.06. The smallest absolute Gasteiger partial charge is 0.375 e. The van der Waals surface area contributed by atoms with Gasteiger partial charge in [0, 0.05) is 6.20 Å². The minimum Gasteiger partial charge on any atom is -0.476 e. The highest BCUT2D eigenvalue weighted by molar-refractivity contribution is 9.10. The third-order valence-corrected chi connectivity index (χ3v) is 2.32. The molecule has 2 heterocycles. The second-order valence-corrected chi connectivity index (χ2v) is 3.83. The van der Waals surface area contributed by atoms with Crippen LogP contribution in [0.4, 0.5) is 5.69 Å². The molecule has 9 heteroatoms. The van der Waals surface area contributed by atoms with Gasteiger partial charge in [-0.2, -0.15) is 10.1 Å². The standard InChI is InChI=1S/C8H6BrN5O3/c1-17-8-6(14(15)16)7(10-4-11-8)13-3-5(9)2-12-13/h2-4H,1H3. The Balaban J connectivity index is 2.65. The molecule has 0 aliphatic carbocycles. The largest absolute Gasteiger partial charge is 0.476 e. The zero-order valence-corrected chi connectivity index (χ0v) is 10.2. The first-order chi connectivity index (χ1) is 8.13. The van der Waals surface area contributed by atoms with Crippen LogP contribution in [0.3, 0.4) is 0 Å². The molecule has 2 aromatic heterocycles. The summed E-state index contributed by atoms with van der Waals surface area (Å²) in [7, 11) is 1.30. The highest BCUT2D eigenvalue weighted by Crippen LogP contribution is 2.29. The average molecular weight is 300 g/mol. The van der Waals surface area contributed by atoms with Crippen molar-refractivity contribution in [1.29, 1.82) is 0 Å². The van der Waals surface area contributed by atoms with Gasteiger partial charge in [-0.15, -0.1) is 0 Å². The zero-order chi connectivity index (χ0) is 12.4. The van der Waals surface area contributed by atoms with Gasteiger partial charge in [-0.25, -0.2) is 9.67 Å². The lowest BCUT2D eigenvalue weighted by Gasteiger charge is -2.04. The molecule has 0 unspecified atom stereocenters. The summed E-state index contributed by atoms with van der Waals surface area (Å²) in [5, 5.41) is 14.9. The van der Waals surface area contributed by atoms with Gasteiger partial charge in [-0.3, -0.25) is 10.1 Å². The van der Waals surface area contributed by atoms with Crippen LogP contribution in [-0.4, -0.2) is 31.8 Å². The quantitative estimate of drug-likeness (QED) is 0.627. The van der Waals surface area contributed by atoms with Crippen molar-refractivity contribution in [3.8, 4) is 11.7 Å². The van der Waals surface area contributed by atoms with Crippen LogP contribution >= 0.6 is 15.9 Å². The molecule has 0 amide bonds. The zero-order valence-electron chi connectivity index (χ0n) is 8.57. The molecule has 0 aromatic carbocycles. The predicted octanol–water partition coefficient (Wildman–Crippen LogP) is 1.34. The Morgan fingerprint density at radius 2 is 2.29 bits per heavy atom. The number of nitro groups is 1. The normalized spacial score (nSPS) is 10.2. The summed E-state index contributed by atoms with van der Waals surface area (Å²) in [6, 6.07) is 0. The van der Waals surface area contributed by atoms with Crippen molar-refractivity contribution >= 4 is 21.6 Å². The monoisotopic (exact) mass is 299 g/mol. The van der Waals surface area contributed by atoms with E-state index in [1.165, 1.54) is 24.3 Å². The summed E-state index contributed by atoms with van der Waals surface area (Å²) in [6.07, 6.45) is 4.23. The second kappa shape index (κ2) is 4.45. The highest BCUT2D eigenvalue weighted by Gasteiger charge is 2.25. The van der Waals surface area contributed by atoms with Crippen LogP contribution in [-0.2, 0) is 0 Å². The minimum atomic E-state index is -0.607. The number of methoxy groups -OCH3 is 1. The van der Waals surface area contributed by atoms with Crippen LogP contribution in [0.15, 0.2) is 23.2 Å². The maximum Gasteiger partial charge on any atom is 0.375 e. The van der Waals surface area contributed by atoms with E-state index in [1.807, 2.05) is 0 Å². The van der Waals surface area contributed by atoms with Gasteiger partial charge in [0.25, 0.3) is 5.88 Å². The van der Waals surface area contributed by atoms with Gasteiger partial charge in [-0.05, 0) is 15.9 Å². The topological polar surface area (TPSA) is 96.0 Å². The first-order valence-corrected chi connectivity index (χ1v) is 5.16. The van der Waals surface area contributed by atoms with Crippen molar-refractivity contribution < 1.29 is 9.66 Å². The maximum absolute atomic E-state index is 11.0. The number of nitrogens with zero attached hydrogens (tertiary/aromatic N) is 5. The van der Waals surface area contributed by atoms with Gasteiger partial charge in [0.1, 0.15) is 6.33 Å². The summed E-state index contributed by atoms with van der Waals surface area (Å²) in [5.41, 5.74) is -0.328. The number of hydrogen-bond donors (Lipinski definition) is 0. The second-order valence-electron chi connectivity index (χ2n) is 2.92. The molecule has 0 saturated carbocycles. The Labute approximate surface area is 104 Å². The van der Waals surface area contributed by atoms with Gasteiger partial charge in [0.2, 0.25) is 5.82 Å². The van der Waals surface area contributed by atoms with E-state index in [1.54, 1.807) is 6.20 Å². The number of aromatic nitrogens is 4. The number of hydrogen-bond acceptors (Lipinski definition) is 6. The van der Waals surface area contributed by atoms with Crippen molar-refractivity contribution in [2.45, 2.75) is 0 Å². The molecule has 0 atom stereocenters. The van der Waals surface area contributed by atoms with Gasteiger partial charge in [0.15, 0.2) is 0 Å². The molecule has 0 N–H and O–H groups in total. The molecule has 0 spiro atoms. The van der Waals surface area contributed by atoms with Crippen molar-refractivity contribution in [1.82, 2.24) is 19.7 Å². The molecular formula is C8H6BrN5O3. The SMILES string of the molecule is COc1ncnc(-n2cc(Br)cn2)c1[N+](=O)[O-]. The minimum absolute atomic E-state index is 0.0487. The van der Waals surface area contributed by atoms with Crippen molar-refractivity contribution in [3.63, 3.8) is 0 Å². The van der Waals surface area contributed by atoms with E-state index < -0.39 is 4.92 Å². The Hall–Kier alpha value is -2.03. The highest BCUT2D eigenvalue weighted by atomic mass is 79.9. The fourth-order valence-corrected chi connectivity index (χ4v) is 1.53. The molecule has 0 bridgehead atoms. The molecule has 0 aliphatic rings. The molecule has 2 rings (SSSR count). The fraction of sp³-hybridized carbons (Fsp3) is 0.125. The molecule has 0 saturated heterocycles. The molecule has 8 nitrogen and oxygen atoms in total. The number of ether oxygens (including phenoxy) is 1. The summed E-state index contributed by atoms with van der Waals surface area (Å²) >= 11 is 3.20. The van der Waals surface area contributed by atoms with Crippen molar-refractivity contribution in [2.24, 2.45) is 0 Å². The molecule has 2 aromatic rings. The number of halogens is 1. The van der Waals surface area contributed by atoms with E-state index in [0.717, 1.165) is 0 Å². The van der Waals surface area contributed by atoms with Gasteiger partial charge >= 0.3 is 5.69 Å². The van der Waals surface area contributed by atoms with E-state index >= 15 is 0 Å². The number of rotatable bonds is 3. The molecule has 88 valence electrons. The van der Waals surface area contributed by atoms with Crippen LogP contribution in [0.5, 0.6) is 5.88 Å². The molecular weight excluding hydrogens is 294 g/mol. The van der Waals surface area contributed by atoms with Gasteiger partial charge < -0.3 is 4.74 Å². The molecule has 0 fully saturated rings. The summed E-state index contributed by atoms with van der Waals surface area (Å²) in [4.78, 5) is 17.9. The van der Waals surface area contributed by atoms with E-state index in [9.17, 15) is 10.1 Å². The lowest BCUT2D eigenvalue weighted by molar-refractivity contribution is -0.386. The molecule has 0 aliphatic heterocycles. The van der Waals surface area contributed by atoms with Crippen LogP contribution in [0.1, 0.15) is 0 Å².